The van der Waals surface area contributed by atoms with Crippen LogP contribution in [0.5, 0.6) is 0 Å². The summed E-state index contributed by atoms with van der Waals surface area (Å²) in [6.45, 7) is 7.94. The van der Waals surface area contributed by atoms with Crippen LogP contribution in [0.15, 0.2) is 60.7 Å². The summed E-state index contributed by atoms with van der Waals surface area (Å²) in [7, 11) is 0. The lowest BCUT2D eigenvalue weighted by molar-refractivity contribution is 0.191. The van der Waals surface area contributed by atoms with Crippen LogP contribution in [0.1, 0.15) is 31.0 Å². The molecule has 1 fully saturated rings. The Kier molecular flexibility index (Phi) is 7.75. The van der Waals surface area contributed by atoms with Crippen molar-refractivity contribution in [2.24, 2.45) is 0 Å². The molecule has 1 aliphatic heterocycles. The van der Waals surface area contributed by atoms with E-state index in [-0.39, 0.29) is 12.1 Å². The summed E-state index contributed by atoms with van der Waals surface area (Å²) < 4.78 is 0. The number of nitrogens with zero attached hydrogens (tertiary/aromatic N) is 5. The fourth-order valence-electron chi connectivity index (χ4n) is 3.95. The van der Waals surface area contributed by atoms with Crippen molar-refractivity contribution < 1.29 is 4.79 Å². The number of aromatic nitrogens is 3. The quantitative estimate of drug-likeness (QED) is 0.474. The Balaban J connectivity index is 1.43. The van der Waals surface area contributed by atoms with Gasteiger partial charge in [0.2, 0.25) is 17.8 Å². The van der Waals surface area contributed by atoms with Gasteiger partial charge in [0.05, 0.1) is 6.04 Å². The van der Waals surface area contributed by atoms with Gasteiger partial charge >= 0.3 is 6.03 Å². The summed E-state index contributed by atoms with van der Waals surface area (Å²) in [4.78, 5) is 30.7. The molecule has 0 radical (unpaired) electrons. The first kappa shape index (κ1) is 23.3. The number of hydrogen-bond acceptors (Lipinski definition) is 7. The topological polar surface area (TPSA) is 98.3 Å². The van der Waals surface area contributed by atoms with E-state index in [4.69, 9.17) is 0 Å². The highest BCUT2D eigenvalue weighted by molar-refractivity contribution is 5.75. The third-order valence-corrected chi connectivity index (χ3v) is 5.68. The predicted octanol–water partition coefficient (Wildman–Crippen LogP) is 3.36. The fourth-order valence-corrected chi connectivity index (χ4v) is 3.95. The van der Waals surface area contributed by atoms with E-state index in [0.29, 0.717) is 44.0 Å². The molecule has 9 heteroatoms. The molecule has 9 nitrogen and oxygen atoms in total. The van der Waals surface area contributed by atoms with Crippen LogP contribution in [0, 0.1) is 0 Å². The highest BCUT2D eigenvalue weighted by Gasteiger charge is 2.26. The van der Waals surface area contributed by atoms with Crippen LogP contribution in [0.4, 0.5) is 22.6 Å². The normalized spacial score (nSPS) is 13.6. The zero-order valence-electron chi connectivity index (χ0n) is 19.7. The summed E-state index contributed by atoms with van der Waals surface area (Å²) in [6, 6.07) is 19.8. The molecule has 178 valence electrons. The smallest absolute Gasteiger partial charge is 0.318 e. The standard InChI is InChI=1S/C25H32N8O/c1-3-26-22-29-23(27-4-2)31-24(30-22)32-15-17-33(18-16-32)25(34)28-21(19-11-7-5-8-12-19)20-13-9-6-10-14-20/h5-14,21H,3-4,15-18H2,1-2H3,(H,28,34)(H2,26,27,29,30,31). The molecule has 0 bridgehead atoms. The molecule has 3 N–H and O–H groups in total. The number of carbonyl (C=O) groups excluding carboxylic acids is 1. The van der Waals surface area contributed by atoms with E-state index in [1.165, 1.54) is 0 Å². The molecule has 0 aliphatic carbocycles. The van der Waals surface area contributed by atoms with Crippen molar-refractivity contribution in [2.75, 3.05) is 54.8 Å². The van der Waals surface area contributed by atoms with Gasteiger partial charge in [0, 0.05) is 39.3 Å². The highest BCUT2D eigenvalue weighted by atomic mass is 16.2. The van der Waals surface area contributed by atoms with Crippen LogP contribution < -0.4 is 20.9 Å². The average Bonchev–Trinajstić information content (AvgIpc) is 2.88. The van der Waals surface area contributed by atoms with E-state index in [1.54, 1.807) is 0 Å². The summed E-state index contributed by atoms with van der Waals surface area (Å²) in [5.41, 5.74) is 2.11. The van der Waals surface area contributed by atoms with E-state index in [2.05, 4.69) is 35.8 Å². The molecule has 0 atom stereocenters. The molecular formula is C25H32N8O. The Morgan fingerprint density at radius 2 is 1.29 bits per heavy atom. The molecule has 2 heterocycles. The lowest BCUT2D eigenvalue weighted by Gasteiger charge is -2.35. The molecule has 0 saturated carbocycles. The SMILES string of the molecule is CCNc1nc(NCC)nc(N2CCN(C(=O)NC(c3ccccc3)c3ccccc3)CC2)n1. The molecule has 1 aliphatic rings. The lowest BCUT2D eigenvalue weighted by Crippen LogP contribution is -2.52. The number of piperazine rings is 1. The Labute approximate surface area is 200 Å². The van der Waals surface area contributed by atoms with Crippen molar-refractivity contribution in [3.63, 3.8) is 0 Å². The average molecular weight is 461 g/mol. The second-order valence-corrected chi connectivity index (χ2v) is 8.02. The van der Waals surface area contributed by atoms with Gasteiger partial charge in [0.25, 0.3) is 0 Å². The number of rotatable bonds is 8. The minimum atomic E-state index is -0.207. The summed E-state index contributed by atoms with van der Waals surface area (Å²) in [6.07, 6.45) is 0. The van der Waals surface area contributed by atoms with Crippen molar-refractivity contribution in [3.8, 4) is 0 Å². The minimum absolute atomic E-state index is 0.0744. The summed E-state index contributed by atoms with van der Waals surface area (Å²) in [5, 5.41) is 9.56. The monoisotopic (exact) mass is 460 g/mol. The Hall–Kier alpha value is -3.88. The zero-order valence-corrected chi connectivity index (χ0v) is 19.7. The van der Waals surface area contributed by atoms with Gasteiger partial charge in [0.15, 0.2) is 0 Å². The number of anilines is 3. The fraction of sp³-hybridized carbons (Fsp3) is 0.360. The van der Waals surface area contributed by atoms with Gasteiger partial charge in [-0.05, 0) is 25.0 Å². The molecule has 4 rings (SSSR count). The van der Waals surface area contributed by atoms with Crippen LogP contribution in [0.25, 0.3) is 0 Å². The maximum absolute atomic E-state index is 13.2. The maximum Gasteiger partial charge on any atom is 0.318 e. The lowest BCUT2D eigenvalue weighted by atomic mass is 9.99. The van der Waals surface area contributed by atoms with Crippen LogP contribution in [0.2, 0.25) is 0 Å². The van der Waals surface area contributed by atoms with Gasteiger partial charge in [0.1, 0.15) is 0 Å². The van der Waals surface area contributed by atoms with Gasteiger partial charge in [-0.25, -0.2) is 4.79 Å². The van der Waals surface area contributed by atoms with E-state index in [9.17, 15) is 4.79 Å². The molecule has 1 aromatic heterocycles. The Morgan fingerprint density at radius 1 is 0.794 bits per heavy atom. The highest BCUT2D eigenvalue weighted by Crippen LogP contribution is 2.22. The van der Waals surface area contributed by atoms with Gasteiger partial charge in [-0.15, -0.1) is 0 Å². The number of benzene rings is 2. The first-order valence-corrected chi connectivity index (χ1v) is 11.8. The molecular weight excluding hydrogens is 428 g/mol. The second-order valence-electron chi connectivity index (χ2n) is 8.02. The molecule has 0 unspecified atom stereocenters. The largest absolute Gasteiger partial charge is 0.354 e. The van der Waals surface area contributed by atoms with Crippen molar-refractivity contribution in [2.45, 2.75) is 19.9 Å². The summed E-state index contributed by atoms with van der Waals surface area (Å²) in [5.74, 6) is 1.72. The Morgan fingerprint density at radius 3 is 1.76 bits per heavy atom. The molecule has 2 aromatic carbocycles. The number of nitrogens with one attached hydrogen (secondary N) is 3. The van der Waals surface area contributed by atoms with Gasteiger partial charge < -0.3 is 25.8 Å². The molecule has 2 amide bonds. The van der Waals surface area contributed by atoms with Gasteiger partial charge in [-0.2, -0.15) is 15.0 Å². The van der Waals surface area contributed by atoms with E-state index in [0.717, 1.165) is 24.2 Å². The van der Waals surface area contributed by atoms with Crippen LogP contribution in [-0.4, -0.2) is 65.2 Å². The van der Waals surface area contributed by atoms with Gasteiger partial charge in [-0.1, -0.05) is 60.7 Å². The molecule has 34 heavy (non-hydrogen) atoms. The first-order valence-electron chi connectivity index (χ1n) is 11.8. The third kappa shape index (κ3) is 5.72. The van der Waals surface area contributed by atoms with Crippen molar-refractivity contribution >= 4 is 23.9 Å². The number of amides is 2. The number of hydrogen-bond donors (Lipinski definition) is 3. The second kappa shape index (κ2) is 11.3. The minimum Gasteiger partial charge on any atom is -0.354 e. The van der Waals surface area contributed by atoms with E-state index < -0.39 is 0 Å². The molecule has 3 aromatic rings. The van der Waals surface area contributed by atoms with Crippen molar-refractivity contribution in [1.29, 1.82) is 0 Å². The van der Waals surface area contributed by atoms with Crippen molar-refractivity contribution in [3.05, 3.63) is 71.8 Å². The maximum atomic E-state index is 13.2. The van der Waals surface area contributed by atoms with E-state index >= 15 is 0 Å². The summed E-state index contributed by atoms with van der Waals surface area (Å²) >= 11 is 0. The zero-order chi connectivity index (χ0) is 23.8. The first-order chi connectivity index (χ1) is 16.7. The van der Waals surface area contributed by atoms with Crippen LogP contribution in [0.3, 0.4) is 0 Å². The molecule has 0 spiro atoms. The number of carbonyl (C=O) groups is 1. The third-order valence-electron chi connectivity index (χ3n) is 5.68. The molecule has 1 saturated heterocycles. The van der Waals surface area contributed by atoms with Crippen molar-refractivity contribution in [1.82, 2.24) is 25.2 Å². The Bertz CT molecular complexity index is 991. The van der Waals surface area contributed by atoms with Crippen LogP contribution in [-0.2, 0) is 0 Å². The predicted molar refractivity (Wildman–Crippen MR) is 135 cm³/mol. The van der Waals surface area contributed by atoms with E-state index in [1.807, 2.05) is 79.4 Å². The van der Waals surface area contributed by atoms with Gasteiger partial charge in [-0.3, -0.25) is 0 Å². The number of urea groups is 1. The van der Waals surface area contributed by atoms with Crippen LogP contribution >= 0.6 is 0 Å².